The highest BCUT2D eigenvalue weighted by Crippen LogP contribution is 2.30. The van der Waals surface area contributed by atoms with Gasteiger partial charge in [0.05, 0.1) is 12.6 Å². The lowest BCUT2D eigenvalue weighted by molar-refractivity contribution is 0.110. The number of nitrogens with one attached hydrogen (secondary N) is 1. The lowest BCUT2D eigenvalue weighted by atomic mass is 9.99. The second kappa shape index (κ2) is 9.93. The summed E-state index contributed by atoms with van der Waals surface area (Å²) in [5.74, 6) is 0.949. The maximum Gasteiger partial charge on any atom is 0.125 e. The zero-order chi connectivity index (χ0) is 17.6. The fraction of sp³-hybridized carbons (Fsp3) is 0.429. The summed E-state index contributed by atoms with van der Waals surface area (Å²) >= 11 is 0. The van der Waals surface area contributed by atoms with E-state index in [9.17, 15) is 5.11 Å². The van der Waals surface area contributed by atoms with Crippen LogP contribution in [0.25, 0.3) is 0 Å². The number of hydrogen-bond acceptors (Lipinski definition) is 4. The minimum absolute atomic E-state index is 0. The van der Waals surface area contributed by atoms with Gasteiger partial charge in [0.15, 0.2) is 0 Å². The predicted molar refractivity (Wildman–Crippen MR) is 108 cm³/mol. The molecule has 0 bridgehead atoms. The van der Waals surface area contributed by atoms with Gasteiger partial charge in [0, 0.05) is 26.2 Å². The summed E-state index contributed by atoms with van der Waals surface area (Å²) in [5, 5.41) is 13.3. The van der Waals surface area contributed by atoms with E-state index in [4.69, 9.17) is 4.74 Å². The van der Waals surface area contributed by atoms with Crippen molar-refractivity contribution < 1.29 is 9.84 Å². The lowest BCUT2D eigenvalue weighted by Gasteiger charge is -2.34. The average Bonchev–Trinajstić information content (AvgIpc) is 2.63. The van der Waals surface area contributed by atoms with Gasteiger partial charge in [0.25, 0.3) is 0 Å². The Morgan fingerprint density at radius 2 is 1.69 bits per heavy atom. The highest BCUT2D eigenvalue weighted by Gasteiger charge is 2.22. The SMILES string of the molecule is Cc1cc([C@@H](CO)N2CCNCC2)cc(C)c1OCc1ccccc1.Cl. The first-order valence-electron chi connectivity index (χ1n) is 9.02. The predicted octanol–water partition coefficient (Wildman–Crippen LogP) is 3.24. The summed E-state index contributed by atoms with van der Waals surface area (Å²) in [6.07, 6.45) is 0. The highest BCUT2D eigenvalue weighted by molar-refractivity contribution is 5.85. The summed E-state index contributed by atoms with van der Waals surface area (Å²) in [5.41, 5.74) is 4.59. The number of rotatable bonds is 6. The van der Waals surface area contributed by atoms with Crippen molar-refractivity contribution in [2.45, 2.75) is 26.5 Å². The molecule has 0 aliphatic carbocycles. The van der Waals surface area contributed by atoms with Crippen molar-refractivity contribution in [3.05, 3.63) is 64.7 Å². The van der Waals surface area contributed by atoms with Crippen LogP contribution in [0.2, 0.25) is 0 Å². The fourth-order valence-electron chi connectivity index (χ4n) is 3.56. The Hall–Kier alpha value is -1.59. The third-order valence-electron chi connectivity index (χ3n) is 4.86. The van der Waals surface area contributed by atoms with Gasteiger partial charge < -0.3 is 15.2 Å². The van der Waals surface area contributed by atoms with Crippen molar-refractivity contribution >= 4 is 12.4 Å². The van der Waals surface area contributed by atoms with E-state index in [1.807, 2.05) is 18.2 Å². The number of halogens is 1. The van der Waals surface area contributed by atoms with Crippen molar-refractivity contribution in [1.82, 2.24) is 10.2 Å². The fourth-order valence-corrected chi connectivity index (χ4v) is 3.56. The van der Waals surface area contributed by atoms with Gasteiger partial charge in [0.1, 0.15) is 12.4 Å². The van der Waals surface area contributed by atoms with E-state index >= 15 is 0 Å². The molecule has 0 aromatic heterocycles. The van der Waals surface area contributed by atoms with Crippen LogP contribution in [0.5, 0.6) is 5.75 Å². The van der Waals surface area contributed by atoms with E-state index in [1.54, 1.807) is 0 Å². The van der Waals surface area contributed by atoms with Gasteiger partial charge in [-0.1, -0.05) is 42.5 Å². The molecule has 0 saturated carbocycles. The molecule has 2 aromatic rings. The standard InChI is InChI=1S/C21H28N2O2.ClH/c1-16-12-19(20(14-24)23-10-8-22-9-11-23)13-17(2)21(16)25-15-18-6-4-3-5-7-18;/h3-7,12-13,20,22,24H,8-11,14-15H2,1-2H3;1H/t20-;/m1./s1. The van der Waals surface area contributed by atoms with Gasteiger partial charge in [-0.05, 0) is 36.1 Å². The average molecular weight is 377 g/mol. The molecule has 1 saturated heterocycles. The quantitative estimate of drug-likeness (QED) is 0.812. The monoisotopic (exact) mass is 376 g/mol. The zero-order valence-corrected chi connectivity index (χ0v) is 16.4. The molecule has 1 atom stereocenters. The van der Waals surface area contributed by atoms with E-state index in [0.717, 1.165) is 43.1 Å². The number of aliphatic hydroxyl groups is 1. The molecular formula is C21H29ClN2O2. The van der Waals surface area contributed by atoms with Crippen LogP contribution in [0.1, 0.15) is 28.3 Å². The number of nitrogens with zero attached hydrogens (tertiary/aromatic N) is 1. The largest absolute Gasteiger partial charge is 0.488 e. The third-order valence-corrected chi connectivity index (χ3v) is 4.86. The summed E-state index contributed by atoms with van der Waals surface area (Å²) in [6.45, 7) is 8.78. The van der Waals surface area contributed by atoms with Crippen LogP contribution >= 0.6 is 12.4 Å². The Kier molecular flexibility index (Phi) is 7.91. The number of aliphatic hydroxyl groups excluding tert-OH is 1. The van der Waals surface area contributed by atoms with E-state index in [1.165, 1.54) is 11.1 Å². The van der Waals surface area contributed by atoms with Crippen LogP contribution in [0.3, 0.4) is 0 Å². The van der Waals surface area contributed by atoms with Crippen molar-refractivity contribution in [1.29, 1.82) is 0 Å². The molecular weight excluding hydrogens is 348 g/mol. The van der Waals surface area contributed by atoms with E-state index < -0.39 is 0 Å². The van der Waals surface area contributed by atoms with Gasteiger partial charge in [0.2, 0.25) is 0 Å². The molecule has 0 spiro atoms. The number of benzene rings is 2. The topological polar surface area (TPSA) is 44.7 Å². The molecule has 1 heterocycles. The molecule has 0 amide bonds. The van der Waals surface area contributed by atoms with Gasteiger partial charge in [-0.3, -0.25) is 4.90 Å². The molecule has 1 aliphatic heterocycles. The maximum atomic E-state index is 9.94. The second-order valence-corrected chi connectivity index (χ2v) is 6.74. The molecule has 0 unspecified atom stereocenters. The smallest absolute Gasteiger partial charge is 0.125 e. The van der Waals surface area contributed by atoms with Crippen LogP contribution in [0.4, 0.5) is 0 Å². The summed E-state index contributed by atoms with van der Waals surface area (Å²) < 4.78 is 6.08. The van der Waals surface area contributed by atoms with Crippen molar-refractivity contribution in [2.75, 3.05) is 32.8 Å². The van der Waals surface area contributed by atoms with Gasteiger partial charge >= 0.3 is 0 Å². The second-order valence-electron chi connectivity index (χ2n) is 6.74. The number of aryl methyl sites for hydroxylation is 2. The Morgan fingerprint density at radius 1 is 1.08 bits per heavy atom. The van der Waals surface area contributed by atoms with Crippen LogP contribution in [-0.4, -0.2) is 42.8 Å². The van der Waals surface area contributed by atoms with Gasteiger partial charge in [-0.25, -0.2) is 0 Å². The van der Waals surface area contributed by atoms with E-state index in [0.29, 0.717) is 6.61 Å². The molecule has 3 rings (SSSR count). The first kappa shape index (κ1) is 20.7. The summed E-state index contributed by atoms with van der Waals surface area (Å²) in [7, 11) is 0. The van der Waals surface area contributed by atoms with Crippen LogP contribution in [0, 0.1) is 13.8 Å². The van der Waals surface area contributed by atoms with Crippen LogP contribution in [-0.2, 0) is 6.61 Å². The molecule has 1 aliphatic rings. The molecule has 4 nitrogen and oxygen atoms in total. The molecule has 1 fully saturated rings. The molecule has 142 valence electrons. The Morgan fingerprint density at radius 3 is 2.27 bits per heavy atom. The Bertz CT molecular complexity index is 665. The molecule has 5 heteroatoms. The Labute approximate surface area is 162 Å². The summed E-state index contributed by atoms with van der Waals surface area (Å²) in [6, 6.07) is 14.6. The van der Waals surface area contributed by atoms with Gasteiger partial charge in [-0.15, -0.1) is 12.4 Å². The van der Waals surface area contributed by atoms with Crippen LogP contribution < -0.4 is 10.1 Å². The lowest BCUT2D eigenvalue weighted by Crippen LogP contribution is -2.46. The molecule has 2 N–H and O–H groups in total. The molecule has 0 radical (unpaired) electrons. The minimum Gasteiger partial charge on any atom is -0.488 e. The van der Waals surface area contributed by atoms with Crippen molar-refractivity contribution in [3.8, 4) is 5.75 Å². The highest BCUT2D eigenvalue weighted by atomic mass is 35.5. The summed E-state index contributed by atoms with van der Waals surface area (Å²) in [4.78, 5) is 2.36. The Balaban J connectivity index is 0.00000243. The number of ether oxygens (including phenoxy) is 1. The zero-order valence-electron chi connectivity index (χ0n) is 15.6. The maximum absolute atomic E-state index is 9.94. The third kappa shape index (κ3) is 4.98. The minimum atomic E-state index is 0. The normalized spacial score (nSPS) is 16.0. The first-order valence-corrected chi connectivity index (χ1v) is 9.02. The van der Waals surface area contributed by atoms with E-state index in [-0.39, 0.29) is 25.1 Å². The van der Waals surface area contributed by atoms with E-state index in [2.05, 4.69) is 48.3 Å². The van der Waals surface area contributed by atoms with Gasteiger partial charge in [-0.2, -0.15) is 0 Å². The van der Waals surface area contributed by atoms with Crippen LogP contribution in [0.15, 0.2) is 42.5 Å². The van der Waals surface area contributed by atoms with Crippen molar-refractivity contribution in [3.63, 3.8) is 0 Å². The number of hydrogen-bond donors (Lipinski definition) is 2. The number of piperazine rings is 1. The molecule has 2 aromatic carbocycles. The first-order chi connectivity index (χ1) is 12.2. The van der Waals surface area contributed by atoms with Crippen molar-refractivity contribution in [2.24, 2.45) is 0 Å². The molecule has 26 heavy (non-hydrogen) atoms.